The number of benzene rings is 1. The van der Waals surface area contributed by atoms with Crippen LogP contribution >= 0.6 is 0 Å². The largest absolute Gasteiger partial charge is 0.354 e. The van der Waals surface area contributed by atoms with Crippen LogP contribution in [0.5, 0.6) is 0 Å². The Labute approximate surface area is 173 Å². The third kappa shape index (κ3) is 4.80. The van der Waals surface area contributed by atoms with E-state index in [1.165, 1.54) is 11.2 Å². The lowest BCUT2D eigenvalue weighted by atomic mass is 10.0. The van der Waals surface area contributed by atoms with Crippen molar-refractivity contribution in [3.05, 3.63) is 29.8 Å². The molecule has 29 heavy (non-hydrogen) atoms. The minimum Gasteiger partial charge on any atom is -0.354 e. The molecule has 2 atom stereocenters. The van der Waals surface area contributed by atoms with Crippen LogP contribution in [0.3, 0.4) is 0 Å². The third-order valence-corrected chi connectivity index (χ3v) is 7.97. The molecule has 0 aromatic heterocycles. The molecular formula is C21H31N3O4S. The topological polar surface area (TPSA) is 86.8 Å². The summed E-state index contributed by atoms with van der Waals surface area (Å²) >= 11 is 0. The number of amides is 2. The number of hydrogen-bond donors (Lipinski definition) is 1. The summed E-state index contributed by atoms with van der Waals surface area (Å²) in [5.74, 6) is -0.340. The Morgan fingerprint density at radius 1 is 1.10 bits per heavy atom. The fourth-order valence-corrected chi connectivity index (χ4v) is 5.91. The van der Waals surface area contributed by atoms with Gasteiger partial charge in [-0.25, -0.2) is 8.42 Å². The van der Waals surface area contributed by atoms with Gasteiger partial charge in [-0.3, -0.25) is 9.59 Å². The molecule has 8 heteroatoms. The van der Waals surface area contributed by atoms with E-state index >= 15 is 0 Å². The fraction of sp³-hybridized carbons (Fsp3) is 0.619. The van der Waals surface area contributed by atoms with Gasteiger partial charge < -0.3 is 10.2 Å². The Kier molecular flexibility index (Phi) is 6.95. The molecule has 1 aliphatic heterocycles. The Hall–Kier alpha value is -1.93. The van der Waals surface area contributed by atoms with Crippen molar-refractivity contribution in [3.8, 4) is 0 Å². The smallest absolute Gasteiger partial charge is 0.243 e. The summed E-state index contributed by atoms with van der Waals surface area (Å²) in [7, 11) is -3.66. The predicted octanol–water partition coefficient (Wildman–Crippen LogP) is 1.78. The molecule has 1 aliphatic carbocycles. The van der Waals surface area contributed by atoms with Crippen molar-refractivity contribution in [1.29, 1.82) is 0 Å². The second kappa shape index (κ2) is 9.26. The van der Waals surface area contributed by atoms with Crippen LogP contribution in [0, 0.1) is 5.92 Å². The number of sulfonamides is 1. The molecule has 160 valence electrons. The van der Waals surface area contributed by atoms with Gasteiger partial charge in [0.15, 0.2) is 0 Å². The lowest BCUT2D eigenvalue weighted by Crippen LogP contribution is -2.46. The molecular weight excluding hydrogens is 390 g/mol. The van der Waals surface area contributed by atoms with Crippen LogP contribution in [0.2, 0.25) is 0 Å². The fourth-order valence-electron chi connectivity index (χ4n) is 4.43. The normalized spacial score (nSPS) is 24.5. The monoisotopic (exact) mass is 421 g/mol. The van der Waals surface area contributed by atoms with Crippen molar-refractivity contribution in [2.75, 3.05) is 26.2 Å². The van der Waals surface area contributed by atoms with Gasteiger partial charge in [-0.1, -0.05) is 25.5 Å². The first-order valence-corrected chi connectivity index (χ1v) is 11.9. The van der Waals surface area contributed by atoms with Gasteiger partial charge in [-0.2, -0.15) is 4.31 Å². The molecule has 2 unspecified atom stereocenters. The molecule has 1 N–H and O–H groups in total. The Morgan fingerprint density at radius 3 is 2.48 bits per heavy atom. The van der Waals surface area contributed by atoms with E-state index in [9.17, 15) is 18.0 Å². The van der Waals surface area contributed by atoms with E-state index in [0.717, 1.165) is 31.2 Å². The van der Waals surface area contributed by atoms with Gasteiger partial charge in [0.25, 0.3) is 0 Å². The van der Waals surface area contributed by atoms with Gasteiger partial charge in [0.2, 0.25) is 21.8 Å². The Balaban J connectivity index is 1.81. The molecule has 1 saturated heterocycles. The summed E-state index contributed by atoms with van der Waals surface area (Å²) in [4.78, 5) is 26.9. The highest BCUT2D eigenvalue weighted by Crippen LogP contribution is 2.31. The van der Waals surface area contributed by atoms with Crippen LogP contribution in [-0.2, 0) is 26.0 Å². The molecule has 3 rings (SSSR count). The van der Waals surface area contributed by atoms with Crippen molar-refractivity contribution >= 4 is 21.8 Å². The first-order chi connectivity index (χ1) is 13.8. The highest BCUT2D eigenvalue weighted by molar-refractivity contribution is 7.89. The van der Waals surface area contributed by atoms with Crippen molar-refractivity contribution in [3.63, 3.8) is 0 Å². The Morgan fingerprint density at radius 2 is 1.83 bits per heavy atom. The van der Waals surface area contributed by atoms with Gasteiger partial charge in [-0.05, 0) is 43.4 Å². The quantitative estimate of drug-likeness (QED) is 0.806. The lowest BCUT2D eigenvalue weighted by Gasteiger charge is -2.31. The number of nitrogens with one attached hydrogen (secondary N) is 1. The number of carbonyl (C=O) groups excluding carboxylic acids is 2. The molecule has 1 aromatic rings. The van der Waals surface area contributed by atoms with Crippen molar-refractivity contribution < 1.29 is 18.0 Å². The maximum absolute atomic E-state index is 13.2. The van der Waals surface area contributed by atoms with Crippen LogP contribution in [0.15, 0.2) is 29.2 Å². The van der Waals surface area contributed by atoms with Crippen LogP contribution in [0.1, 0.15) is 45.1 Å². The standard InChI is InChI=1S/C21H31N3O4S/c1-3-17-8-10-18(11-9-17)29(27,28)23-13-5-14-24(16(2)25)20-7-4-6-19(20)21(26)22-12-15-23/h8-11,19-20H,3-7,12-15H2,1-2H3,(H,22,26). The van der Waals surface area contributed by atoms with Crippen LogP contribution < -0.4 is 5.32 Å². The van der Waals surface area contributed by atoms with E-state index in [1.54, 1.807) is 17.0 Å². The maximum atomic E-state index is 13.2. The molecule has 0 radical (unpaired) electrons. The summed E-state index contributed by atoms with van der Waals surface area (Å²) in [6.07, 6.45) is 3.92. The number of carbonyl (C=O) groups is 2. The molecule has 2 amide bonds. The van der Waals surface area contributed by atoms with Crippen molar-refractivity contribution in [1.82, 2.24) is 14.5 Å². The van der Waals surface area contributed by atoms with Crippen molar-refractivity contribution in [2.45, 2.75) is 56.9 Å². The van der Waals surface area contributed by atoms with E-state index < -0.39 is 10.0 Å². The molecule has 2 aliphatic rings. The van der Waals surface area contributed by atoms with E-state index in [4.69, 9.17) is 0 Å². The SMILES string of the molecule is CCc1ccc(S(=O)(=O)N2CCCN(C(C)=O)C3CCCC3C(=O)NCC2)cc1. The molecule has 0 spiro atoms. The average molecular weight is 422 g/mol. The minimum atomic E-state index is -3.66. The number of nitrogens with zero attached hydrogens (tertiary/aromatic N) is 2. The maximum Gasteiger partial charge on any atom is 0.243 e. The molecule has 0 bridgehead atoms. The third-order valence-electron chi connectivity index (χ3n) is 6.06. The van der Waals surface area contributed by atoms with Gasteiger partial charge in [0, 0.05) is 39.1 Å². The molecule has 7 nitrogen and oxygen atoms in total. The number of hydrogen-bond acceptors (Lipinski definition) is 4. The summed E-state index contributed by atoms with van der Waals surface area (Å²) < 4.78 is 27.7. The minimum absolute atomic E-state index is 0.0569. The zero-order valence-corrected chi connectivity index (χ0v) is 18.1. The summed E-state index contributed by atoms with van der Waals surface area (Å²) in [5.41, 5.74) is 1.08. The molecule has 1 aromatic carbocycles. The van der Waals surface area contributed by atoms with E-state index in [1.807, 2.05) is 19.1 Å². The number of fused-ring (bicyclic) bond motifs is 1. The summed E-state index contributed by atoms with van der Waals surface area (Å²) in [5, 5.41) is 2.90. The summed E-state index contributed by atoms with van der Waals surface area (Å²) in [6.45, 7) is 4.82. The van der Waals surface area contributed by atoms with Gasteiger partial charge in [-0.15, -0.1) is 0 Å². The average Bonchev–Trinajstić information content (AvgIpc) is 3.17. The Bertz CT molecular complexity index is 838. The lowest BCUT2D eigenvalue weighted by molar-refractivity contribution is -0.134. The highest BCUT2D eigenvalue weighted by atomic mass is 32.2. The second-order valence-corrected chi connectivity index (χ2v) is 9.80. The number of rotatable bonds is 3. The van der Waals surface area contributed by atoms with Gasteiger partial charge >= 0.3 is 0 Å². The van der Waals surface area contributed by atoms with Crippen LogP contribution in [-0.4, -0.2) is 61.7 Å². The van der Waals surface area contributed by atoms with Gasteiger partial charge in [0.05, 0.1) is 10.8 Å². The molecule has 1 heterocycles. The van der Waals surface area contributed by atoms with Crippen LogP contribution in [0.25, 0.3) is 0 Å². The summed E-state index contributed by atoms with van der Waals surface area (Å²) in [6, 6.07) is 6.87. The predicted molar refractivity (Wildman–Crippen MR) is 111 cm³/mol. The van der Waals surface area contributed by atoms with E-state index in [-0.39, 0.29) is 41.8 Å². The zero-order valence-electron chi connectivity index (χ0n) is 17.3. The number of aryl methyl sites for hydroxylation is 1. The zero-order chi connectivity index (χ0) is 21.0. The molecule has 1 saturated carbocycles. The van der Waals surface area contributed by atoms with E-state index in [0.29, 0.717) is 19.5 Å². The highest BCUT2D eigenvalue weighted by Gasteiger charge is 2.38. The second-order valence-electron chi connectivity index (χ2n) is 7.86. The van der Waals surface area contributed by atoms with Crippen molar-refractivity contribution in [2.24, 2.45) is 5.92 Å². The molecule has 2 fully saturated rings. The first-order valence-electron chi connectivity index (χ1n) is 10.5. The van der Waals surface area contributed by atoms with E-state index in [2.05, 4.69) is 5.32 Å². The van der Waals surface area contributed by atoms with Gasteiger partial charge in [0.1, 0.15) is 0 Å². The first kappa shape index (κ1) is 21.8. The van der Waals surface area contributed by atoms with Crippen LogP contribution in [0.4, 0.5) is 0 Å².